The summed E-state index contributed by atoms with van der Waals surface area (Å²) in [5.41, 5.74) is -1.33. The molecule has 1 heterocycles. The van der Waals surface area contributed by atoms with E-state index in [2.05, 4.69) is 21.2 Å². The van der Waals surface area contributed by atoms with Crippen LogP contribution < -0.4 is 5.32 Å². The normalized spacial score (nSPS) is 13.0. The number of hydrogen-bond donors (Lipinski definition) is 1. The summed E-state index contributed by atoms with van der Waals surface area (Å²) < 4.78 is 39.3. The summed E-state index contributed by atoms with van der Waals surface area (Å²) in [5, 5.41) is 4.43. The van der Waals surface area contributed by atoms with Gasteiger partial charge in [0.05, 0.1) is 17.2 Å². The maximum Gasteiger partial charge on any atom is 0.417 e. The number of halogens is 4. The summed E-state index contributed by atoms with van der Waals surface area (Å²) in [7, 11) is 0. The fraction of sp³-hybridized carbons (Fsp3) is 0.214. The van der Waals surface area contributed by atoms with Gasteiger partial charge in [-0.05, 0) is 36.6 Å². The molecule has 1 N–H and O–H groups in total. The Morgan fingerprint density at radius 1 is 1.33 bits per heavy atom. The molecular formula is C14H11BrF3NOS. The Balaban J connectivity index is 2.27. The second-order valence-corrected chi connectivity index (χ2v) is 6.29. The number of rotatable bonds is 3. The van der Waals surface area contributed by atoms with Crippen LogP contribution in [0.2, 0.25) is 0 Å². The van der Waals surface area contributed by atoms with E-state index in [0.717, 1.165) is 10.9 Å². The monoisotopic (exact) mass is 377 g/mol. The summed E-state index contributed by atoms with van der Waals surface area (Å²) in [6.07, 6.45) is -4.58. The SMILES string of the molecule is CC(NC(=O)c1ccc(Br)cc1C(F)(F)F)c1cccs1. The molecule has 1 amide bonds. The Kier molecular flexibility index (Phi) is 4.73. The Morgan fingerprint density at radius 2 is 2.05 bits per heavy atom. The first-order valence-corrected chi connectivity index (χ1v) is 7.67. The quantitative estimate of drug-likeness (QED) is 0.799. The molecule has 2 rings (SSSR count). The Labute approximate surface area is 132 Å². The topological polar surface area (TPSA) is 29.1 Å². The van der Waals surface area contributed by atoms with E-state index in [-0.39, 0.29) is 16.1 Å². The van der Waals surface area contributed by atoms with Gasteiger partial charge in [0.1, 0.15) is 0 Å². The van der Waals surface area contributed by atoms with Gasteiger partial charge in [0.25, 0.3) is 5.91 Å². The highest BCUT2D eigenvalue weighted by Crippen LogP contribution is 2.34. The van der Waals surface area contributed by atoms with E-state index in [1.165, 1.54) is 23.5 Å². The number of nitrogens with one attached hydrogen (secondary N) is 1. The molecule has 0 fully saturated rings. The van der Waals surface area contributed by atoms with Gasteiger partial charge in [-0.3, -0.25) is 4.79 Å². The van der Waals surface area contributed by atoms with Gasteiger partial charge in [-0.25, -0.2) is 0 Å². The third kappa shape index (κ3) is 3.85. The molecule has 1 aromatic heterocycles. The molecule has 0 spiro atoms. The molecule has 1 aromatic carbocycles. The molecule has 0 saturated carbocycles. The van der Waals surface area contributed by atoms with Crippen molar-refractivity contribution in [1.82, 2.24) is 5.32 Å². The van der Waals surface area contributed by atoms with Crippen LogP contribution in [0.15, 0.2) is 40.2 Å². The maximum atomic E-state index is 13.0. The van der Waals surface area contributed by atoms with Gasteiger partial charge in [-0.1, -0.05) is 22.0 Å². The zero-order chi connectivity index (χ0) is 15.6. The molecule has 2 nitrogen and oxygen atoms in total. The second-order valence-electron chi connectivity index (χ2n) is 4.40. The average molecular weight is 378 g/mol. The van der Waals surface area contributed by atoms with Crippen molar-refractivity contribution in [2.75, 3.05) is 0 Å². The fourth-order valence-electron chi connectivity index (χ4n) is 1.83. The third-order valence-electron chi connectivity index (χ3n) is 2.85. The lowest BCUT2D eigenvalue weighted by Gasteiger charge is -2.16. The van der Waals surface area contributed by atoms with Crippen molar-refractivity contribution in [2.45, 2.75) is 19.1 Å². The van der Waals surface area contributed by atoms with Crippen LogP contribution in [-0.2, 0) is 6.18 Å². The van der Waals surface area contributed by atoms with Crippen molar-refractivity contribution < 1.29 is 18.0 Å². The van der Waals surface area contributed by atoms with E-state index >= 15 is 0 Å². The van der Waals surface area contributed by atoms with Crippen molar-refractivity contribution in [3.05, 3.63) is 56.2 Å². The van der Waals surface area contributed by atoms with Crippen molar-refractivity contribution in [1.29, 1.82) is 0 Å². The van der Waals surface area contributed by atoms with Gasteiger partial charge in [0.2, 0.25) is 0 Å². The van der Waals surface area contributed by atoms with Gasteiger partial charge in [-0.15, -0.1) is 11.3 Å². The molecule has 2 aromatic rings. The molecule has 0 saturated heterocycles. The lowest BCUT2D eigenvalue weighted by molar-refractivity contribution is -0.138. The van der Waals surface area contributed by atoms with E-state index in [1.807, 2.05) is 17.5 Å². The predicted octanol–water partition coefficient (Wildman–Crippen LogP) is 5.02. The minimum atomic E-state index is -4.58. The van der Waals surface area contributed by atoms with E-state index in [0.29, 0.717) is 0 Å². The summed E-state index contributed by atoms with van der Waals surface area (Å²) in [6, 6.07) is 6.79. The molecule has 7 heteroatoms. The molecule has 0 radical (unpaired) electrons. The number of thiophene rings is 1. The van der Waals surface area contributed by atoms with Crippen LogP contribution in [0.1, 0.15) is 33.8 Å². The minimum absolute atomic E-state index is 0.276. The van der Waals surface area contributed by atoms with E-state index < -0.39 is 17.6 Å². The lowest BCUT2D eigenvalue weighted by Crippen LogP contribution is -2.28. The van der Waals surface area contributed by atoms with Gasteiger partial charge in [0.15, 0.2) is 0 Å². The number of carbonyl (C=O) groups is 1. The maximum absolute atomic E-state index is 13.0. The number of alkyl halides is 3. The van der Waals surface area contributed by atoms with Crippen LogP contribution in [0.4, 0.5) is 13.2 Å². The number of carbonyl (C=O) groups excluding carboxylic acids is 1. The zero-order valence-electron chi connectivity index (χ0n) is 10.9. The molecule has 0 bridgehead atoms. The smallest absolute Gasteiger partial charge is 0.345 e. The van der Waals surface area contributed by atoms with Gasteiger partial charge < -0.3 is 5.32 Å². The predicted molar refractivity (Wildman–Crippen MR) is 79.3 cm³/mol. The van der Waals surface area contributed by atoms with Gasteiger partial charge >= 0.3 is 6.18 Å². The highest BCUT2D eigenvalue weighted by Gasteiger charge is 2.35. The van der Waals surface area contributed by atoms with Gasteiger partial charge in [-0.2, -0.15) is 13.2 Å². The first kappa shape index (κ1) is 16.0. The number of benzene rings is 1. The molecule has 1 unspecified atom stereocenters. The van der Waals surface area contributed by atoms with Crippen molar-refractivity contribution in [3.8, 4) is 0 Å². The molecular weight excluding hydrogens is 367 g/mol. The molecule has 0 aliphatic rings. The summed E-state index contributed by atoms with van der Waals surface area (Å²) in [6.45, 7) is 1.73. The van der Waals surface area contributed by atoms with Crippen LogP contribution in [0.5, 0.6) is 0 Å². The van der Waals surface area contributed by atoms with Crippen LogP contribution in [0.25, 0.3) is 0 Å². The van der Waals surface area contributed by atoms with Crippen molar-refractivity contribution in [3.63, 3.8) is 0 Å². The summed E-state index contributed by atoms with van der Waals surface area (Å²) >= 11 is 4.43. The number of amides is 1. The van der Waals surface area contributed by atoms with Crippen LogP contribution >= 0.6 is 27.3 Å². The van der Waals surface area contributed by atoms with E-state index in [9.17, 15) is 18.0 Å². The molecule has 1 atom stereocenters. The Bertz CT molecular complexity index is 640. The van der Waals surface area contributed by atoms with E-state index in [1.54, 1.807) is 6.92 Å². The van der Waals surface area contributed by atoms with E-state index in [4.69, 9.17) is 0 Å². The summed E-state index contributed by atoms with van der Waals surface area (Å²) in [4.78, 5) is 13.0. The largest absolute Gasteiger partial charge is 0.417 e. The first-order valence-electron chi connectivity index (χ1n) is 6.00. The lowest BCUT2D eigenvalue weighted by atomic mass is 10.1. The standard InChI is InChI=1S/C14H11BrF3NOS/c1-8(12-3-2-6-21-12)19-13(20)10-5-4-9(15)7-11(10)14(16,17)18/h2-8H,1H3,(H,19,20). The first-order chi connectivity index (χ1) is 9.79. The molecule has 21 heavy (non-hydrogen) atoms. The second kappa shape index (κ2) is 6.19. The molecule has 0 aliphatic heterocycles. The fourth-order valence-corrected chi connectivity index (χ4v) is 2.93. The van der Waals surface area contributed by atoms with Gasteiger partial charge in [0, 0.05) is 9.35 Å². The zero-order valence-corrected chi connectivity index (χ0v) is 13.3. The Hall–Kier alpha value is -1.34. The minimum Gasteiger partial charge on any atom is -0.345 e. The highest BCUT2D eigenvalue weighted by atomic mass is 79.9. The number of hydrogen-bond acceptors (Lipinski definition) is 2. The third-order valence-corrected chi connectivity index (χ3v) is 4.40. The molecule has 112 valence electrons. The highest BCUT2D eigenvalue weighted by molar-refractivity contribution is 9.10. The van der Waals surface area contributed by atoms with Crippen molar-refractivity contribution in [2.24, 2.45) is 0 Å². The van der Waals surface area contributed by atoms with Crippen LogP contribution in [-0.4, -0.2) is 5.91 Å². The van der Waals surface area contributed by atoms with Crippen molar-refractivity contribution >= 4 is 33.2 Å². The Morgan fingerprint density at radius 3 is 2.62 bits per heavy atom. The summed E-state index contributed by atoms with van der Waals surface area (Å²) in [5.74, 6) is -0.740. The molecule has 0 aliphatic carbocycles. The average Bonchev–Trinajstić information content (AvgIpc) is 2.91. The van der Waals surface area contributed by atoms with Crippen LogP contribution in [0, 0.1) is 0 Å². The van der Waals surface area contributed by atoms with Crippen LogP contribution in [0.3, 0.4) is 0 Å².